The second kappa shape index (κ2) is 11.8. The highest BCUT2D eigenvalue weighted by Gasteiger charge is 2.34. The van der Waals surface area contributed by atoms with Gasteiger partial charge in [0.25, 0.3) is 0 Å². The van der Waals surface area contributed by atoms with Gasteiger partial charge in [-0.05, 0) is 52.2 Å². The number of rotatable bonds is 12. The van der Waals surface area contributed by atoms with E-state index in [2.05, 4.69) is 63.1 Å². The fourth-order valence-electron chi connectivity index (χ4n) is 2.12. The summed E-state index contributed by atoms with van der Waals surface area (Å²) in [6, 6.07) is 0.618. The number of urea groups is 1. The number of nitrogens with one attached hydrogen (secondary N) is 2. The van der Waals surface area contributed by atoms with Crippen molar-refractivity contribution in [2.75, 3.05) is 13.2 Å². The van der Waals surface area contributed by atoms with E-state index >= 15 is 0 Å². The lowest BCUT2D eigenvalue weighted by molar-refractivity contribution is -0.138. The zero-order chi connectivity index (χ0) is 21.3. The number of hydrogen-bond donors (Lipinski definition) is 2. The van der Waals surface area contributed by atoms with E-state index in [0.29, 0.717) is 5.57 Å². The quantitative estimate of drug-likeness (QED) is 0.162. The number of carbonyl (C=O) groups excluding carboxylic acids is 2. The van der Waals surface area contributed by atoms with Crippen molar-refractivity contribution in [2.45, 2.75) is 71.5 Å². The Morgan fingerprint density at radius 3 is 2.00 bits per heavy atom. The van der Waals surface area contributed by atoms with Crippen molar-refractivity contribution in [2.24, 2.45) is 0 Å². The highest BCUT2D eigenvalue weighted by Crippen LogP contribution is 2.18. The minimum Gasteiger partial charge on any atom is -0.460 e. The van der Waals surface area contributed by atoms with Gasteiger partial charge in [0.05, 0.1) is 6.54 Å². The van der Waals surface area contributed by atoms with Crippen molar-refractivity contribution in [1.82, 2.24) is 10.3 Å². The standard InChI is InChI=1S/C17H38N2O5Si3/c1-10-13-25(17(23-26(4,5)6)24-27(7,8)9)19-16(21)18-11-12-22-15(20)14(2)3/h17,25H,2,10-13H2,1,3-9H3,(H2,18,19,21). The Hall–Kier alpha value is -0.949. The van der Waals surface area contributed by atoms with E-state index in [1.54, 1.807) is 6.92 Å². The SMILES string of the molecule is C=C(C)C(=O)OCCNC(=O)N[SiH](CCC)C(O[Si](C)(C)C)O[Si](C)(C)C. The van der Waals surface area contributed by atoms with Crippen molar-refractivity contribution >= 4 is 37.6 Å². The first kappa shape index (κ1) is 26.1. The summed E-state index contributed by atoms with van der Waals surface area (Å²) in [5.74, 6) is -0.780. The van der Waals surface area contributed by atoms with Crippen molar-refractivity contribution < 1.29 is 23.2 Å². The van der Waals surface area contributed by atoms with Crippen LogP contribution in [0.2, 0.25) is 45.3 Å². The fraction of sp³-hybridized carbons (Fsp3) is 0.765. The predicted molar refractivity (Wildman–Crippen MR) is 117 cm³/mol. The molecular weight excluding hydrogens is 396 g/mol. The Morgan fingerprint density at radius 1 is 1.07 bits per heavy atom. The van der Waals surface area contributed by atoms with Crippen LogP contribution in [0.4, 0.5) is 4.79 Å². The second-order valence-electron chi connectivity index (χ2n) is 8.54. The van der Waals surface area contributed by atoms with Gasteiger partial charge in [-0.2, -0.15) is 0 Å². The third kappa shape index (κ3) is 13.8. The van der Waals surface area contributed by atoms with Crippen LogP contribution in [-0.2, 0) is 18.4 Å². The molecule has 2 N–H and O–H groups in total. The van der Waals surface area contributed by atoms with Crippen molar-refractivity contribution in [3.63, 3.8) is 0 Å². The van der Waals surface area contributed by atoms with Gasteiger partial charge >= 0.3 is 12.0 Å². The van der Waals surface area contributed by atoms with Gasteiger partial charge in [0.2, 0.25) is 8.96 Å². The Labute approximate surface area is 168 Å². The Morgan fingerprint density at radius 2 is 1.59 bits per heavy atom. The zero-order valence-corrected chi connectivity index (χ0v) is 21.4. The molecule has 10 heteroatoms. The molecule has 0 fully saturated rings. The van der Waals surface area contributed by atoms with Crippen LogP contribution in [0, 0.1) is 0 Å². The van der Waals surface area contributed by atoms with E-state index in [0.717, 1.165) is 12.5 Å². The summed E-state index contributed by atoms with van der Waals surface area (Å²) < 4.78 is 17.6. The molecule has 0 spiro atoms. The summed E-state index contributed by atoms with van der Waals surface area (Å²) in [5, 5.41) is 2.74. The number of ether oxygens (including phenoxy) is 1. The lowest BCUT2D eigenvalue weighted by Gasteiger charge is -2.36. The largest absolute Gasteiger partial charge is 0.460 e. The van der Waals surface area contributed by atoms with Crippen LogP contribution in [0.1, 0.15) is 20.3 Å². The van der Waals surface area contributed by atoms with Crippen molar-refractivity contribution in [3.8, 4) is 0 Å². The molecule has 1 atom stereocenters. The molecular formula is C17H38N2O5Si3. The van der Waals surface area contributed by atoms with Crippen LogP contribution in [0.25, 0.3) is 0 Å². The summed E-state index contributed by atoms with van der Waals surface area (Å²) in [7, 11) is -5.50. The normalized spacial score (nSPS) is 13.2. The molecule has 0 bridgehead atoms. The fourth-order valence-corrected chi connectivity index (χ4v) is 9.09. The van der Waals surface area contributed by atoms with E-state index in [-0.39, 0.29) is 25.1 Å². The summed E-state index contributed by atoms with van der Waals surface area (Å²) in [6.07, 6.45) is 0.952. The first-order valence-corrected chi connectivity index (χ1v) is 18.4. The highest BCUT2D eigenvalue weighted by molar-refractivity contribution is 6.73. The molecule has 7 nitrogen and oxygen atoms in total. The van der Waals surface area contributed by atoms with Crippen LogP contribution in [0.15, 0.2) is 12.2 Å². The average Bonchev–Trinajstić information content (AvgIpc) is 2.47. The predicted octanol–water partition coefficient (Wildman–Crippen LogP) is 3.11. The van der Waals surface area contributed by atoms with Crippen molar-refractivity contribution in [1.29, 1.82) is 0 Å². The number of esters is 1. The second-order valence-corrected chi connectivity index (χ2v) is 20.1. The third-order valence-electron chi connectivity index (χ3n) is 3.15. The maximum atomic E-state index is 12.3. The van der Waals surface area contributed by atoms with E-state index < -0.39 is 31.6 Å². The molecule has 1 unspecified atom stereocenters. The molecule has 0 aliphatic heterocycles. The zero-order valence-electron chi connectivity index (χ0n) is 18.2. The van der Waals surface area contributed by atoms with E-state index in [9.17, 15) is 9.59 Å². The molecule has 158 valence electrons. The van der Waals surface area contributed by atoms with Crippen molar-refractivity contribution in [3.05, 3.63) is 12.2 Å². The molecule has 27 heavy (non-hydrogen) atoms. The Balaban J connectivity index is 4.81. The Kier molecular flexibility index (Phi) is 11.4. The minimum atomic E-state index is -1.85. The van der Waals surface area contributed by atoms with Crippen LogP contribution >= 0.6 is 0 Å². The van der Waals surface area contributed by atoms with Gasteiger partial charge < -0.3 is 23.9 Å². The summed E-state index contributed by atoms with van der Waals surface area (Å²) >= 11 is 0. The molecule has 0 heterocycles. The lowest BCUT2D eigenvalue weighted by Crippen LogP contribution is -2.57. The molecule has 0 saturated carbocycles. The molecule has 0 aromatic rings. The topological polar surface area (TPSA) is 85.9 Å². The molecule has 0 radical (unpaired) electrons. The van der Waals surface area contributed by atoms with Gasteiger partial charge in [-0.1, -0.05) is 19.9 Å². The average molecular weight is 435 g/mol. The smallest absolute Gasteiger partial charge is 0.333 e. The van der Waals surface area contributed by atoms with Crippen LogP contribution in [0.3, 0.4) is 0 Å². The third-order valence-corrected chi connectivity index (χ3v) is 8.34. The van der Waals surface area contributed by atoms with E-state index in [1.165, 1.54) is 0 Å². The van der Waals surface area contributed by atoms with Gasteiger partial charge in [-0.15, -0.1) is 0 Å². The molecule has 0 rings (SSSR count). The van der Waals surface area contributed by atoms with Gasteiger partial charge in [-0.25, -0.2) is 9.59 Å². The molecule has 0 aliphatic carbocycles. The highest BCUT2D eigenvalue weighted by atomic mass is 28.4. The van der Waals surface area contributed by atoms with Gasteiger partial charge in [-0.3, -0.25) is 0 Å². The molecule has 0 aromatic heterocycles. The summed E-state index contributed by atoms with van der Waals surface area (Å²) in [4.78, 5) is 26.7. The maximum Gasteiger partial charge on any atom is 0.333 e. The van der Waals surface area contributed by atoms with Crippen LogP contribution in [-0.4, -0.2) is 56.7 Å². The van der Waals surface area contributed by atoms with Gasteiger partial charge in [0.1, 0.15) is 12.5 Å². The first-order chi connectivity index (χ1) is 12.2. The molecule has 0 saturated heterocycles. The Bertz CT molecular complexity index is 488. The van der Waals surface area contributed by atoms with Gasteiger partial charge in [0.15, 0.2) is 16.6 Å². The lowest BCUT2D eigenvalue weighted by atomic mass is 10.4. The maximum absolute atomic E-state index is 12.3. The van der Waals surface area contributed by atoms with E-state index in [4.69, 9.17) is 13.6 Å². The molecule has 0 aromatic carbocycles. The first-order valence-electron chi connectivity index (χ1n) is 9.48. The summed E-state index contributed by atoms with van der Waals surface area (Å²) in [5.41, 5.74) is 0.338. The van der Waals surface area contributed by atoms with Gasteiger partial charge in [0, 0.05) is 5.57 Å². The number of amides is 2. The monoisotopic (exact) mass is 434 g/mol. The van der Waals surface area contributed by atoms with Crippen LogP contribution < -0.4 is 10.3 Å². The number of hydrogen-bond acceptors (Lipinski definition) is 5. The molecule has 2 amide bonds. The van der Waals surface area contributed by atoms with Crippen LogP contribution in [0.5, 0.6) is 0 Å². The number of carbonyl (C=O) groups is 2. The molecule has 0 aliphatic rings. The minimum absolute atomic E-state index is 0.110. The summed E-state index contributed by atoms with van der Waals surface area (Å²) in [6.45, 7) is 20.3. The van der Waals surface area contributed by atoms with E-state index in [1.807, 2.05) is 0 Å².